The van der Waals surface area contributed by atoms with E-state index in [2.05, 4.69) is 25.4 Å². The van der Waals surface area contributed by atoms with Crippen LogP contribution in [0, 0.1) is 5.82 Å². The summed E-state index contributed by atoms with van der Waals surface area (Å²) in [4.78, 5) is 6.72. The maximum absolute atomic E-state index is 12.9. The average Bonchev–Trinajstić information content (AvgIpc) is 2.74. The molecule has 0 radical (unpaired) electrons. The van der Waals surface area contributed by atoms with Crippen molar-refractivity contribution < 1.29 is 4.39 Å². The van der Waals surface area contributed by atoms with Gasteiger partial charge in [0.15, 0.2) is 0 Å². The summed E-state index contributed by atoms with van der Waals surface area (Å²) >= 11 is 0. The monoisotopic (exact) mass is 275 g/mol. The van der Waals surface area contributed by atoms with Crippen LogP contribution in [0.2, 0.25) is 0 Å². The first-order valence-corrected chi connectivity index (χ1v) is 6.93. The van der Waals surface area contributed by atoms with Gasteiger partial charge < -0.3 is 10.2 Å². The Morgan fingerprint density at radius 1 is 1.15 bits per heavy atom. The van der Waals surface area contributed by atoms with Gasteiger partial charge in [0.25, 0.3) is 0 Å². The van der Waals surface area contributed by atoms with Crippen LogP contribution < -0.4 is 10.2 Å². The van der Waals surface area contributed by atoms with Crippen molar-refractivity contribution in [2.24, 2.45) is 0 Å². The van der Waals surface area contributed by atoms with Gasteiger partial charge in [0.05, 0.1) is 0 Å². The predicted octanol–water partition coefficient (Wildman–Crippen LogP) is 1.33. The lowest BCUT2D eigenvalue weighted by Gasteiger charge is -2.16. The Morgan fingerprint density at radius 3 is 2.85 bits per heavy atom. The van der Waals surface area contributed by atoms with E-state index in [-0.39, 0.29) is 5.82 Å². The molecular formula is C14H18FN5. The quantitative estimate of drug-likeness (QED) is 0.887. The van der Waals surface area contributed by atoms with Gasteiger partial charge in [-0.1, -0.05) is 12.1 Å². The Bertz CT molecular complexity index is 543. The first kappa shape index (κ1) is 13.1. The second-order valence-electron chi connectivity index (χ2n) is 4.98. The number of rotatable bonds is 3. The molecule has 2 N–H and O–H groups in total. The van der Waals surface area contributed by atoms with E-state index in [0.29, 0.717) is 6.42 Å². The number of nitrogens with one attached hydrogen (secondary N) is 2. The van der Waals surface area contributed by atoms with Gasteiger partial charge in [-0.3, -0.25) is 5.10 Å². The zero-order valence-corrected chi connectivity index (χ0v) is 11.3. The molecule has 1 aliphatic heterocycles. The van der Waals surface area contributed by atoms with Crippen LogP contribution in [-0.2, 0) is 6.42 Å². The number of hydrogen-bond acceptors (Lipinski definition) is 4. The summed E-state index contributed by atoms with van der Waals surface area (Å²) in [6.45, 7) is 3.90. The maximum atomic E-state index is 12.9. The molecule has 1 fully saturated rings. The van der Waals surface area contributed by atoms with Gasteiger partial charge >= 0.3 is 0 Å². The van der Waals surface area contributed by atoms with Gasteiger partial charge in [0, 0.05) is 26.1 Å². The summed E-state index contributed by atoms with van der Waals surface area (Å²) in [5, 5.41) is 10.6. The third-order valence-corrected chi connectivity index (χ3v) is 3.43. The van der Waals surface area contributed by atoms with Gasteiger partial charge in [-0.05, 0) is 30.7 Å². The number of anilines is 1. The molecule has 0 bridgehead atoms. The van der Waals surface area contributed by atoms with Crippen molar-refractivity contribution in [3.63, 3.8) is 0 Å². The van der Waals surface area contributed by atoms with E-state index in [1.807, 2.05) is 0 Å². The van der Waals surface area contributed by atoms with Crippen LogP contribution in [-0.4, -0.2) is 41.4 Å². The number of halogens is 1. The third-order valence-electron chi connectivity index (χ3n) is 3.43. The van der Waals surface area contributed by atoms with Crippen LogP contribution in [0.3, 0.4) is 0 Å². The molecule has 1 aromatic carbocycles. The molecule has 0 aliphatic carbocycles. The Morgan fingerprint density at radius 2 is 2.00 bits per heavy atom. The van der Waals surface area contributed by atoms with Crippen molar-refractivity contribution in [2.75, 3.05) is 31.1 Å². The van der Waals surface area contributed by atoms with E-state index < -0.39 is 0 Å². The molecule has 6 heteroatoms. The lowest BCUT2D eigenvalue weighted by molar-refractivity contribution is 0.627. The molecule has 1 saturated heterocycles. The molecule has 0 unspecified atom stereocenters. The fourth-order valence-electron chi connectivity index (χ4n) is 2.35. The van der Waals surface area contributed by atoms with E-state index >= 15 is 0 Å². The molecule has 2 aromatic rings. The van der Waals surface area contributed by atoms with Crippen LogP contribution in [0.25, 0.3) is 0 Å². The van der Waals surface area contributed by atoms with E-state index in [4.69, 9.17) is 0 Å². The maximum Gasteiger partial charge on any atom is 0.244 e. The second-order valence-corrected chi connectivity index (χ2v) is 4.98. The largest absolute Gasteiger partial charge is 0.338 e. The number of H-pyrrole nitrogens is 1. The summed E-state index contributed by atoms with van der Waals surface area (Å²) in [5.41, 5.74) is 1.02. The molecule has 1 aromatic heterocycles. The Labute approximate surface area is 117 Å². The van der Waals surface area contributed by atoms with Crippen LogP contribution in [0.4, 0.5) is 10.3 Å². The van der Waals surface area contributed by atoms with E-state index in [1.165, 1.54) is 12.1 Å². The SMILES string of the molecule is Fc1ccc(Cc2nc(N3CCCNCC3)n[nH]2)cc1. The highest BCUT2D eigenvalue weighted by Crippen LogP contribution is 2.12. The van der Waals surface area contributed by atoms with Gasteiger partial charge in [-0.2, -0.15) is 4.98 Å². The van der Waals surface area contributed by atoms with Crippen molar-refractivity contribution in [1.29, 1.82) is 0 Å². The van der Waals surface area contributed by atoms with E-state index in [1.54, 1.807) is 12.1 Å². The molecule has 20 heavy (non-hydrogen) atoms. The highest BCUT2D eigenvalue weighted by atomic mass is 19.1. The average molecular weight is 275 g/mol. The van der Waals surface area contributed by atoms with Crippen LogP contribution in [0.1, 0.15) is 17.8 Å². The predicted molar refractivity (Wildman–Crippen MR) is 75.3 cm³/mol. The van der Waals surface area contributed by atoms with E-state index in [0.717, 1.165) is 49.9 Å². The molecule has 5 nitrogen and oxygen atoms in total. The fourth-order valence-corrected chi connectivity index (χ4v) is 2.35. The number of hydrogen-bond donors (Lipinski definition) is 2. The minimum absolute atomic E-state index is 0.218. The molecule has 1 aliphatic rings. The molecule has 3 rings (SSSR count). The van der Waals surface area contributed by atoms with Crippen LogP contribution in [0.5, 0.6) is 0 Å². The Kier molecular flexibility index (Phi) is 3.92. The summed E-state index contributed by atoms with van der Waals surface area (Å²) in [6.07, 6.45) is 1.74. The van der Waals surface area contributed by atoms with Crippen molar-refractivity contribution in [2.45, 2.75) is 12.8 Å². The molecular weight excluding hydrogens is 257 g/mol. The number of nitrogens with zero attached hydrogens (tertiary/aromatic N) is 3. The van der Waals surface area contributed by atoms with Gasteiger partial charge in [0.1, 0.15) is 11.6 Å². The van der Waals surface area contributed by atoms with Crippen molar-refractivity contribution in [3.8, 4) is 0 Å². The standard InChI is InChI=1S/C14H18FN5/c15-12-4-2-11(3-5-12)10-13-17-14(19-18-13)20-8-1-6-16-7-9-20/h2-5,16H,1,6-10H2,(H,17,18,19). The van der Waals surface area contributed by atoms with E-state index in [9.17, 15) is 4.39 Å². The number of aromatic nitrogens is 3. The third kappa shape index (κ3) is 3.14. The van der Waals surface area contributed by atoms with Crippen LogP contribution in [0.15, 0.2) is 24.3 Å². The second kappa shape index (κ2) is 6.00. The van der Waals surface area contributed by atoms with Gasteiger partial charge in [-0.25, -0.2) is 4.39 Å². The molecule has 0 atom stereocenters. The minimum atomic E-state index is -0.218. The molecule has 0 amide bonds. The normalized spacial score (nSPS) is 16.1. The topological polar surface area (TPSA) is 56.8 Å². The molecule has 106 valence electrons. The Balaban J connectivity index is 1.68. The highest BCUT2D eigenvalue weighted by molar-refractivity contribution is 5.30. The van der Waals surface area contributed by atoms with Crippen molar-refractivity contribution in [1.82, 2.24) is 20.5 Å². The lowest BCUT2D eigenvalue weighted by Crippen LogP contribution is -2.28. The first-order chi connectivity index (χ1) is 9.81. The zero-order chi connectivity index (χ0) is 13.8. The van der Waals surface area contributed by atoms with Crippen molar-refractivity contribution >= 4 is 5.95 Å². The molecule has 0 spiro atoms. The van der Waals surface area contributed by atoms with Gasteiger partial charge in [-0.15, -0.1) is 5.10 Å². The summed E-state index contributed by atoms with van der Waals surface area (Å²) in [5.74, 6) is 1.35. The number of aromatic amines is 1. The highest BCUT2D eigenvalue weighted by Gasteiger charge is 2.14. The lowest BCUT2D eigenvalue weighted by atomic mass is 10.1. The molecule has 0 saturated carbocycles. The minimum Gasteiger partial charge on any atom is -0.338 e. The Hall–Kier alpha value is -1.95. The summed E-state index contributed by atoms with van der Waals surface area (Å²) < 4.78 is 12.9. The zero-order valence-electron chi connectivity index (χ0n) is 11.3. The summed E-state index contributed by atoms with van der Waals surface area (Å²) in [7, 11) is 0. The summed E-state index contributed by atoms with van der Waals surface area (Å²) in [6, 6.07) is 6.47. The first-order valence-electron chi connectivity index (χ1n) is 6.93. The van der Waals surface area contributed by atoms with Crippen molar-refractivity contribution in [3.05, 3.63) is 41.5 Å². The smallest absolute Gasteiger partial charge is 0.244 e. The number of benzene rings is 1. The molecule has 2 heterocycles. The van der Waals surface area contributed by atoms with Gasteiger partial charge in [0.2, 0.25) is 5.95 Å². The van der Waals surface area contributed by atoms with Crippen LogP contribution >= 0.6 is 0 Å². The fraction of sp³-hybridized carbons (Fsp3) is 0.429.